The largest absolute Gasteiger partial charge is 0.397 e. The molecule has 2 rings (SSSR count). The van der Waals surface area contributed by atoms with Crippen molar-refractivity contribution in [3.05, 3.63) is 15.6 Å². The third-order valence-electron chi connectivity index (χ3n) is 2.58. The highest BCUT2D eigenvalue weighted by atomic mass is 79.9. The number of hydrogen-bond acceptors (Lipinski definition) is 4. The van der Waals surface area contributed by atoms with Crippen molar-refractivity contribution in [2.45, 2.75) is 0 Å². The molecule has 0 saturated carbocycles. The summed E-state index contributed by atoms with van der Waals surface area (Å²) >= 11 is 9.40. The molecular formula is C10H13BrClN3O. The molecule has 1 fully saturated rings. The van der Waals surface area contributed by atoms with Gasteiger partial charge >= 0.3 is 0 Å². The number of anilines is 3. The van der Waals surface area contributed by atoms with Crippen LogP contribution < -0.4 is 16.4 Å². The van der Waals surface area contributed by atoms with Crippen LogP contribution in [-0.2, 0) is 4.74 Å². The lowest BCUT2D eigenvalue weighted by Gasteiger charge is -2.31. The van der Waals surface area contributed by atoms with E-state index in [0.29, 0.717) is 29.6 Å². The van der Waals surface area contributed by atoms with E-state index in [1.54, 1.807) is 6.07 Å². The van der Waals surface area contributed by atoms with Gasteiger partial charge in [0.05, 0.1) is 39.8 Å². The van der Waals surface area contributed by atoms with E-state index in [2.05, 4.69) is 20.8 Å². The second-order valence-electron chi connectivity index (χ2n) is 3.62. The quantitative estimate of drug-likeness (QED) is 0.780. The van der Waals surface area contributed by atoms with Gasteiger partial charge in [-0.1, -0.05) is 11.6 Å². The smallest absolute Gasteiger partial charge is 0.0768 e. The fourth-order valence-electron chi connectivity index (χ4n) is 1.75. The van der Waals surface area contributed by atoms with Crippen molar-refractivity contribution in [2.75, 3.05) is 42.7 Å². The van der Waals surface area contributed by atoms with Crippen LogP contribution >= 0.6 is 27.5 Å². The minimum absolute atomic E-state index is 0.474. The Morgan fingerprint density at radius 3 is 2.56 bits per heavy atom. The van der Waals surface area contributed by atoms with E-state index in [4.69, 9.17) is 27.8 Å². The number of morpholine rings is 1. The van der Waals surface area contributed by atoms with Crippen molar-refractivity contribution in [2.24, 2.45) is 0 Å². The van der Waals surface area contributed by atoms with Crippen LogP contribution in [-0.4, -0.2) is 26.3 Å². The summed E-state index contributed by atoms with van der Waals surface area (Å²) in [4.78, 5) is 2.15. The van der Waals surface area contributed by atoms with E-state index in [-0.39, 0.29) is 0 Å². The second-order valence-corrected chi connectivity index (χ2v) is 4.82. The maximum Gasteiger partial charge on any atom is 0.0768 e. The maximum absolute atomic E-state index is 5.97. The normalized spacial score (nSPS) is 16.5. The van der Waals surface area contributed by atoms with Gasteiger partial charge in [0.1, 0.15) is 0 Å². The monoisotopic (exact) mass is 305 g/mol. The fraction of sp³-hybridized carbons (Fsp3) is 0.400. The predicted molar refractivity (Wildman–Crippen MR) is 71.0 cm³/mol. The van der Waals surface area contributed by atoms with Crippen LogP contribution in [0, 0.1) is 0 Å². The van der Waals surface area contributed by atoms with Crippen molar-refractivity contribution in [1.29, 1.82) is 0 Å². The van der Waals surface area contributed by atoms with Crippen LogP contribution in [0.15, 0.2) is 10.5 Å². The Balaban J connectivity index is 2.42. The highest BCUT2D eigenvalue weighted by molar-refractivity contribution is 9.10. The first kappa shape index (κ1) is 11.8. The third-order valence-corrected chi connectivity index (χ3v) is 3.70. The van der Waals surface area contributed by atoms with E-state index in [0.717, 1.165) is 23.2 Å². The van der Waals surface area contributed by atoms with Crippen molar-refractivity contribution in [3.63, 3.8) is 0 Å². The van der Waals surface area contributed by atoms with Gasteiger partial charge in [-0.3, -0.25) is 0 Å². The summed E-state index contributed by atoms with van der Waals surface area (Å²) in [5.41, 5.74) is 13.9. The number of benzene rings is 1. The van der Waals surface area contributed by atoms with Gasteiger partial charge in [-0.25, -0.2) is 0 Å². The molecule has 1 aliphatic rings. The minimum Gasteiger partial charge on any atom is -0.397 e. The van der Waals surface area contributed by atoms with E-state index < -0.39 is 0 Å². The van der Waals surface area contributed by atoms with Crippen molar-refractivity contribution in [1.82, 2.24) is 0 Å². The van der Waals surface area contributed by atoms with Gasteiger partial charge in [0.2, 0.25) is 0 Å². The van der Waals surface area contributed by atoms with Gasteiger partial charge in [0.15, 0.2) is 0 Å². The topological polar surface area (TPSA) is 64.5 Å². The molecule has 1 heterocycles. The van der Waals surface area contributed by atoms with E-state index in [1.165, 1.54) is 0 Å². The molecule has 0 bridgehead atoms. The molecular weight excluding hydrogens is 293 g/mol. The van der Waals surface area contributed by atoms with Crippen molar-refractivity contribution >= 4 is 44.6 Å². The molecule has 6 heteroatoms. The number of ether oxygens (including phenoxy) is 1. The first-order valence-corrected chi connectivity index (χ1v) is 6.14. The lowest BCUT2D eigenvalue weighted by molar-refractivity contribution is 0.122. The Hall–Kier alpha value is -0.650. The summed E-state index contributed by atoms with van der Waals surface area (Å²) in [5, 5.41) is 0.474. The SMILES string of the molecule is Nc1cc(Cl)c(N)c(Br)c1N1CCOCC1. The van der Waals surface area contributed by atoms with Crippen LogP contribution in [0.3, 0.4) is 0 Å². The zero-order valence-electron chi connectivity index (χ0n) is 8.67. The average molecular weight is 307 g/mol. The molecule has 1 aliphatic heterocycles. The molecule has 0 atom stereocenters. The predicted octanol–water partition coefficient (Wildman–Crippen LogP) is 2.10. The lowest BCUT2D eigenvalue weighted by atomic mass is 10.2. The maximum atomic E-state index is 5.97. The van der Waals surface area contributed by atoms with Crippen LogP contribution in [0.2, 0.25) is 5.02 Å². The molecule has 0 amide bonds. The molecule has 0 radical (unpaired) electrons. The highest BCUT2D eigenvalue weighted by Crippen LogP contribution is 2.41. The van der Waals surface area contributed by atoms with E-state index in [1.807, 2.05) is 0 Å². The van der Waals surface area contributed by atoms with Gasteiger partial charge in [-0.15, -0.1) is 0 Å². The van der Waals surface area contributed by atoms with Gasteiger partial charge in [-0.05, 0) is 22.0 Å². The molecule has 1 saturated heterocycles. The first-order valence-electron chi connectivity index (χ1n) is 4.97. The lowest BCUT2D eigenvalue weighted by Crippen LogP contribution is -2.37. The number of rotatable bonds is 1. The zero-order chi connectivity index (χ0) is 11.7. The molecule has 88 valence electrons. The summed E-state index contributed by atoms with van der Waals surface area (Å²) in [6.45, 7) is 3.02. The summed E-state index contributed by atoms with van der Waals surface area (Å²) in [6, 6.07) is 1.69. The molecule has 0 unspecified atom stereocenters. The van der Waals surface area contributed by atoms with E-state index >= 15 is 0 Å². The fourth-order valence-corrected chi connectivity index (χ4v) is 2.77. The number of hydrogen-bond donors (Lipinski definition) is 2. The Morgan fingerprint density at radius 1 is 1.31 bits per heavy atom. The van der Waals surface area contributed by atoms with Gasteiger partial charge in [-0.2, -0.15) is 0 Å². The van der Waals surface area contributed by atoms with Gasteiger partial charge < -0.3 is 21.1 Å². The summed E-state index contributed by atoms with van der Waals surface area (Å²) in [6.07, 6.45) is 0. The molecule has 1 aromatic carbocycles. The number of nitrogens with zero attached hydrogens (tertiary/aromatic N) is 1. The number of halogens is 2. The van der Waals surface area contributed by atoms with Crippen molar-refractivity contribution in [3.8, 4) is 0 Å². The first-order chi connectivity index (χ1) is 7.61. The molecule has 4 nitrogen and oxygen atoms in total. The van der Waals surface area contributed by atoms with Gasteiger partial charge in [0, 0.05) is 13.1 Å². The Labute approximate surface area is 108 Å². The highest BCUT2D eigenvalue weighted by Gasteiger charge is 2.19. The molecule has 4 N–H and O–H groups in total. The van der Waals surface area contributed by atoms with Crippen molar-refractivity contribution < 1.29 is 4.74 Å². The Kier molecular flexibility index (Phi) is 3.47. The second kappa shape index (κ2) is 4.69. The Bertz CT molecular complexity index is 408. The van der Waals surface area contributed by atoms with E-state index in [9.17, 15) is 0 Å². The van der Waals surface area contributed by atoms with Crippen LogP contribution in [0.25, 0.3) is 0 Å². The van der Waals surface area contributed by atoms with Crippen LogP contribution in [0.1, 0.15) is 0 Å². The molecule has 1 aromatic rings. The molecule has 16 heavy (non-hydrogen) atoms. The minimum atomic E-state index is 0.474. The third kappa shape index (κ3) is 2.07. The van der Waals surface area contributed by atoms with Crippen LogP contribution in [0.5, 0.6) is 0 Å². The zero-order valence-corrected chi connectivity index (χ0v) is 11.0. The summed E-state index contributed by atoms with van der Waals surface area (Å²) in [7, 11) is 0. The number of nitrogen functional groups attached to an aromatic ring is 2. The van der Waals surface area contributed by atoms with Gasteiger partial charge in [0.25, 0.3) is 0 Å². The molecule has 0 spiro atoms. The summed E-state index contributed by atoms with van der Waals surface area (Å²) < 4.78 is 6.06. The number of nitrogens with two attached hydrogens (primary N) is 2. The molecule has 0 aliphatic carbocycles. The Morgan fingerprint density at radius 2 is 1.94 bits per heavy atom. The standard InChI is InChI=1S/C10H13BrClN3O/c11-8-9(14)6(12)5-7(13)10(8)15-1-3-16-4-2-15/h5H,1-4,13-14H2. The summed E-state index contributed by atoms with van der Waals surface area (Å²) in [5.74, 6) is 0. The van der Waals surface area contributed by atoms with Crippen LogP contribution in [0.4, 0.5) is 17.1 Å². The average Bonchev–Trinajstić information content (AvgIpc) is 2.28. The molecule has 0 aromatic heterocycles.